The normalized spacial score (nSPS) is 10.9. The second kappa shape index (κ2) is 20.2. The van der Waals surface area contributed by atoms with Gasteiger partial charge in [-0.25, -0.2) is 4.21 Å². The molecule has 82 valence electrons. The predicted octanol–water partition coefficient (Wildman–Crippen LogP) is 0.0994. The minimum Gasteiger partial charge on any atom is -0.750 e. The van der Waals surface area contributed by atoms with Gasteiger partial charge in [0.05, 0.1) is 11.4 Å². The van der Waals surface area contributed by atoms with E-state index in [0.29, 0.717) is 0 Å². The molecule has 0 fully saturated rings. The van der Waals surface area contributed by atoms with E-state index in [1.165, 1.54) is 44.9 Å². The van der Waals surface area contributed by atoms with Crippen molar-refractivity contribution >= 4 is 11.4 Å². The second-order valence-corrected chi connectivity index (χ2v) is 3.42. The Labute approximate surface area is 133 Å². The van der Waals surface area contributed by atoms with E-state index in [1.807, 2.05) is 0 Å². The molecule has 0 heterocycles. The van der Waals surface area contributed by atoms with E-state index in [1.54, 1.807) is 0 Å². The van der Waals surface area contributed by atoms with E-state index < -0.39 is 11.4 Å². The van der Waals surface area contributed by atoms with Crippen LogP contribution in [0.15, 0.2) is 0 Å². The first-order chi connectivity index (χ1) is 6.15. The summed E-state index contributed by atoms with van der Waals surface area (Å²) in [5.41, 5.74) is 0. The van der Waals surface area contributed by atoms with Gasteiger partial charge in [-0.3, -0.25) is 0 Å². The van der Waals surface area contributed by atoms with E-state index in [0.717, 1.165) is 0 Å². The Morgan fingerprint density at radius 1 is 1.00 bits per heavy atom. The van der Waals surface area contributed by atoms with Gasteiger partial charge in [0.25, 0.3) is 0 Å². The topological polar surface area (TPSA) is 60.4 Å². The minimum absolute atomic E-state index is 0. The monoisotopic (exact) mass is 248 g/mol. The molecule has 0 aliphatic heterocycles. The molecule has 0 rings (SSSR count). The maximum atomic E-state index is 8.56. The Kier molecular flexibility index (Phi) is 30.3. The Morgan fingerprint density at radius 2 is 1.21 bits per heavy atom. The molecule has 0 radical (unpaired) electrons. The number of unbranched alkanes of at least 4 members (excludes halogenated alkanes) is 6. The molecule has 0 aliphatic rings. The van der Waals surface area contributed by atoms with E-state index in [2.05, 4.69) is 13.8 Å². The summed E-state index contributed by atoms with van der Waals surface area (Å²) in [6, 6.07) is 0. The molecule has 0 bridgehead atoms. The van der Waals surface area contributed by atoms with Crippen molar-refractivity contribution in [2.45, 2.75) is 58.8 Å². The second-order valence-electron chi connectivity index (χ2n) is 2.98. The van der Waals surface area contributed by atoms with Crippen LogP contribution in [0.3, 0.4) is 0 Å². The van der Waals surface area contributed by atoms with Gasteiger partial charge in [0.1, 0.15) is 0 Å². The smallest absolute Gasteiger partial charge is 0.750 e. The Balaban J connectivity index is -0.000000209. The summed E-state index contributed by atoms with van der Waals surface area (Å²) in [6.07, 6.45) is 9.97. The molecule has 1 N–H and O–H groups in total. The fourth-order valence-electron chi connectivity index (χ4n) is 1.03. The van der Waals surface area contributed by atoms with Crippen molar-refractivity contribution < 1.29 is 64.7 Å². The zero-order valence-corrected chi connectivity index (χ0v) is 13.6. The fourth-order valence-corrected chi connectivity index (χ4v) is 1.03. The third-order valence-corrected chi connectivity index (χ3v) is 1.71. The SMILES string of the molecule is CCCCCCCCC.O=S([O-])O.[K+]. The molecule has 0 aliphatic carbocycles. The summed E-state index contributed by atoms with van der Waals surface area (Å²) in [4.78, 5) is 0. The first-order valence-corrected chi connectivity index (χ1v) is 5.96. The molecule has 0 aromatic rings. The van der Waals surface area contributed by atoms with Crippen molar-refractivity contribution in [2.75, 3.05) is 0 Å². The third-order valence-electron chi connectivity index (χ3n) is 1.71. The van der Waals surface area contributed by atoms with E-state index in [4.69, 9.17) is 13.3 Å². The van der Waals surface area contributed by atoms with Crippen LogP contribution in [0.2, 0.25) is 0 Å². The Morgan fingerprint density at radius 3 is 1.43 bits per heavy atom. The van der Waals surface area contributed by atoms with Crippen molar-refractivity contribution in [2.24, 2.45) is 0 Å². The molecule has 0 aromatic heterocycles. The van der Waals surface area contributed by atoms with Gasteiger partial charge in [0.15, 0.2) is 0 Å². The van der Waals surface area contributed by atoms with Crippen LogP contribution in [0.25, 0.3) is 0 Å². The van der Waals surface area contributed by atoms with Crippen LogP contribution in [0.1, 0.15) is 58.8 Å². The van der Waals surface area contributed by atoms with Gasteiger partial charge in [-0.1, -0.05) is 58.8 Å². The molecule has 0 aromatic carbocycles. The molecule has 1 atom stereocenters. The van der Waals surface area contributed by atoms with E-state index in [9.17, 15) is 0 Å². The molecule has 3 nitrogen and oxygen atoms in total. The standard InChI is InChI=1S/C9H20.K.H2O3S/c1-3-5-7-9-8-6-4-2;;1-4(2)3/h3-9H2,1-2H3;;(H2,1,2,3)/q;+1;/p-1. The third kappa shape index (κ3) is 37.3. The van der Waals surface area contributed by atoms with Crippen LogP contribution in [0, 0.1) is 0 Å². The van der Waals surface area contributed by atoms with Crippen LogP contribution >= 0.6 is 0 Å². The van der Waals surface area contributed by atoms with Crippen LogP contribution < -0.4 is 51.4 Å². The maximum Gasteiger partial charge on any atom is 1.00 e. The van der Waals surface area contributed by atoms with Gasteiger partial charge >= 0.3 is 51.4 Å². The summed E-state index contributed by atoms with van der Waals surface area (Å²) < 4.78 is 24.1. The maximum absolute atomic E-state index is 8.56. The molecule has 1 unspecified atom stereocenters. The van der Waals surface area contributed by atoms with Crippen LogP contribution in [0.4, 0.5) is 0 Å². The summed E-state index contributed by atoms with van der Waals surface area (Å²) in [5, 5.41) is 0. The van der Waals surface area contributed by atoms with Gasteiger partial charge in [-0.2, -0.15) is 0 Å². The van der Waals surface area contributed by atoms with Crippen molar-refractivity contribution in [3.05, 3.63) is 0 Å². The van der Waals surface area contributed by atoms with Crippen molar-refractivity contribution in [1.82, 2.24) is 0 Å². The summed E-state index contributed by atoms with van der Waals surface area (Å²) in [7, 11) is 0. The molecular weight excluding hydrogens is 227 g/mol. The van der Waals surface area contributed by atoms with Gasteiger partial charge in [-0.15, -0.1) is 0 Å². The van der Waals surface area contributed by atoms with E-state index >= 15 is 0 Å². The predicted molar refractivity (Wildman–Crippen MR) is 55.2 cm³/mol. The zero-order valence-electron chi connectivity index (χ0n) is 9.62. The van der Waals surface area contributed by atoms with Gasteiger partial charge in [-0.05, 0) is 0 Å². The quantitative estimate of drug-likeness (QED) is 0.412. The number of hydrogen-bond donors (Lipinski definition) is 1. The van der Waals surface area contributed by atoms with Crippen LogP contribution in [-0.2, 0) is 11.4 Å². The number of hydrogen-bond acceptors (Lipinski definition) is 2. The summed E-state index contributed by atoms with van der Waals surface area (Å²) >= 11 is -2.86. The number of rotatable bonds is 6. The first-order valence-electron chi connectivity index (χ1n) is 4.93. The van der Waals surface area contributed by atoms with Crippen molar-refractivity contribution in [1.29, 1.82) is 0 Å². The minimum atomic E-state index is -2.86. The van der Waals surface area contributed by atoms with Gasteiger partial charge in [0, 0.05) is 0 Å². The molecule has 0 spiro atoms. The largest absolute Gasteiger partial charge is 1.00 e. The molecule has 0 saturated heterocycles. The summed E-state index contributed by atoms with van der Waals surface area (Å²) in [5.74, 6) is 0. The van der Waals surface area contributed by atoms with Crippen LogP contribution in [-0.4, -0.2) is 13.3 Å². The van der Waals surface area contributed by atoms with Gasteiger partial charge in [0.2, 0.25) is 0 Å². The molecule has 14 heavy (non-hydrogen) atoms. The van der Waals surface area contributed by atoms with E-state index in [-0.39, 0.29) is 51.4 Å². The Bertz CT molecular complexity index is 102. The average Bonchev–Trinajstić information content (AvgIpc) is 2.03. The molecule has 0 saturated carbocycles. The first kappa shape index (κ1) is 21.0. The van der Waals surface area contributed by atoms with Crippen molar-refractivity contribution in [3.8, 4) is 0 Å². The summed E-state index contributed by atoms with van der Waals surface area (Å²) in [6.45, 7) is 4.53. The van der Waals surface area contributed by atoms with Crippen LogP contribution in [0.5, 0.6) is 0 Å². The zero-order chi connectivity index (χ0) is 10.5. The average molecular weight is 248 g/mol. The molecular formula is C9H21KO3S. The fraction of sp³-hybridized carbons (Fsp3) is 1.00. The van der Waals surface area contributed by atoms with Gasteiger partial charge < -0.3 is 9.11 Å². The Hall–Kier alpha value is 1.71. The molecule has 5 heteroatoms. The molecule has 0 amide bonds. The van der Waals surface area contributed by atoms with Crippen molar-refractivity contribution in [3.63, 3.8) is 0 Å².